The van der Waals surface area contributed by atoms with Crippen molar-refractivity contribution in [2.24, 2.45) is 0 Å². The van der Waals surface area contributed by atoms with E-state index in [4.69, 9.17) is 9.15 Å². The second-order valence-electron chi connectivity index (χ2n) is 9.23. The number of nitrogens with zero attached hydrogens (tertiary/aromatic N) is 4. The van der Waals surface area contributed by atoms with E-state index < -0.39 is 5.60 Å². The minimum atomic E-state index is -0.459. The predicted molar refractivity (Wildman–Crippen MR) is 100 cm³/mol. The van der Waals surface area contributed by atoms with Gasteiger partial charge in [0, 0.05) is 18.5 Å². The fourth-order valence-electron chi connectivity index (χ4n) is 4.39. The third kappa shape index (κ3) is 4.45. The van der Waals surface area contributed by atoms with Gasteiger partial charge >= 0.3 is 6.09 Å². The zero-order valence-corrected chi connectivity index (χ0v) is 16.8. The topological polar surface area (TPSA) is 71.7 Å². The molecule has 1 aromatic heterocycles. The monoisotopic (exact) mass is 376 g/mol. The number of piperidine rings is 1. The molecule has 0 spiro atoms. The summed E-state index contributed by atoms with van der Waals surface area (Å²) in [6.07, 6.45) is 7.73. The SMILES string of the molecule is CC(C)(C)OC(=O)N1CCC[C@@H]1[C@H]1CCCCN1Cc1nnc(C2CC2)o1. The molecule has 0 unspecified atom stereocenters. The first-order valence-electron chi connectivity index (χ1n) is 10.5. The first-order valence-corrected chi connectivity index (χ1v) is 10.5. The maximum Gasteiger partial charge on any atom is 0.410 e. The van der Waals surface area contributed by atoms with Crippen molar-refractivity contribution >= 4 is 6.09 Å². The van der Waals surface area contributed by atoms with E-state index in [0.717, 1.165) is 38.2 Å². The summed E-state index contributed by atoms with van der Waals surface area (Å²) in [6, 6.07) is 0.552. The normalized spacial score (nSPS) is 27.1. The Hall–Kier alpha value is -1.63. The molecule has 2 aliphatic heterocycles. The van der Waals surface area contributed by atoms with Crippen LogP contribution >= 0.6 is 0 Å². The minimum absolute atomic E-state index is 0.177. The summed E-state index contributed by atoms with van der Waals surface area (Å²) >= 11 is 0. The lowest BCUT2D eigenvalue weighted by molar-refractivity contribution is 0.00534. The van der Waals surface area contributed by atoms with Gasteiger partial charge in [-0.3, -0.25) is 4.90 Å². The largest absolute Gasteiger partial charge is 0.444 e. The number of aromatic nitrogens is 2. The third-order valence-corrected chi connectivity index (χ3v) is 5.78. The maximum absolute atomic E-state index is 12.7. The van der Waals surface area contributed by atoms with Gasteiger partial charge in [0.15, 0.2) is 0 Å². The Bertz CT molecular complexity index is 664. The Balaban J connectivity index is 1.44. The highest BCUT2D eigenvalue weighted by Gasteiger charge is 2.40. The molecule has 4 rings (SSSR count). The van der Waals surface area contributed by atoms with Gasteiger partial charge in [-0.1, -0.05) is 6.42 Å². The Labute approximate surface area is 161 Å². The van der Waals surface area contributed by atoms with E-state index in [1.54, 1.807) is 0 Å². The van der Waals surface area contributed by atoms with E-state index in [9.17, 15) is 4.79 Å². The van der Waals surface area contributed by atoms with Crippen molar-refractivity contribution in [3.63, 3.8) is 0 Å². The van der Waals surface area contributed by atoms with E-state index >= 15 is 0 Å². The third-order valence-electron chi connectivity index (χ3n) is 5.78. The van der Waals surface area contributed by atoms with Crippen LogP contribution in [0.25, 0.3) is 0 Å². The average Bonchev–Trinajstić information content (AvgIpc) is 3.15. The number of carbonyl (C=O) groups is 1. The second kappa shape index (κ2) is 7.41. The van der Waals surface area contributed by atoms with E-state index in [0.29, 0.717) is 24.4 Å². The van der Waals surface area contributed by atoms with E-state index in [2.05, 4.69) is 15.1 Å². The first-order chi connectivity index (χ1) is 12.9. The molecular formula is C20H32N4O3. The van der Waals surface area contributed by atoms with Crippen LogP contribution in [-0.2, 0) is 11.3 Å². The van der Waals surface area contributed by atoms with Crippen molar-refractivity contribution in [2.45, 2.75) is 95.9 Å². The fourth-order valence-corrected chi connectivity index (χ4v) is 4.39. The van der Waals surface area contributed by atoms with Gasteiger partial charge in [0.1, 0.15) is 5.60 Å². The Morgan fingerprint density at radius 3 is 2.59 bits per heavy atom. The number of hydrogen-bond acceptors (Lipinski definition) is 6. The molecule has 3 heterocycles. The van der Waals surface area contributed by atoms with E-state index in [1.807, 2.05) is 25.7 Å². The van der Waals surface area contributed by atoms with E-state index in [-0.39, 0.29) is 12.1 Å². The quantitative estimate of drug-likeness (QED) is 0.798. The van der Waals surface area contributed by atoms with Crippen molar-refractivity contribution < 1.29 is 13.9 Å². The maximum atomic E-state index is 12.7. The highest BCUT2D eigenvalue weighted by molar-refractivity contribution is 5.69. The van der Waals surface area contributed by atoms with Crippen LogP contribution in [0.1, 0.15) is 83.4 Å². The number of likely N-dealkylation sites (tertiary alicyclic amines) is 2. The Morgan fingerprint density at radius 2 is 1.85 bits per heavy atom. The Kier molecular flexibility index (Phi) is 5.14. The predicted octanol–water partition coefficient (Wildman–Crippen LogP) is 3.70. The van der Waals surface area contributed by atoms with Gasteiger partial charge in [-0.2, -0.15) is 0 Å². The molecule has 2 atom stereocenters. The number of rotatable bonds is 4. The number of carbonyl (C=O) groups excluding carboxylic acids is 1. The lowest BCUT2D eigenvalue weighted by Gasteiger charge is -2.41. The van der Waals surface area contributed by atoms with Crippen LogP contribution in [0.5, 0.6) is 0 Å². The summed E-state index contributed by atoms with van der Waals surface area (Å²) in [4.78, 5) is 17.1. The van der Waals surface area contributed by atoms with Crippen LogP contribution in [0, 0.1) is 0 Å². The highest BCUT2D eigenvalue weighted by Crippen LogP contribution is 2.39. The molecule has 7 nitrogen and oxygen atoms in total. The van der Waals surface area contributed by atoms with Gasteiger partial charge in [0.2, 0.25) is 11.8 Å². The van der Waals surface area contributed by atoms with Crippen molar-refractivity contribution in [3.05, 3.63) is 11.8 Å². The molecule has 150 valence electrons. The molecule has 0 bridgehead atoms. The zero-order chi connectivity index (χ0) is 19.0. The molecule has 3 aliphatic rings. The molecule has 0 N–H and O–H groups in total. The van der Waals surface area contributed by atoms with Crippen molar-refractivity contribution in [3.8, 4) is 0 Å². The summed E-state index contributed by atoms with van der Waals surface area (Å²) in [6.45, 7) is 8.27. The smallest absolute Gasteiger partial charge is 0.410 e. The van der Waals surface area contributed by atoms with Gasteiger partial charge in [-0.15, -0.1) is 10.2 Å². The van der Waals surface area contributed by atoms with Crippen LogP contribution in [0.2, 0.25) is 0 Å². The summed E-state index contributed by atoms with van der Waals surface area (Å²) in [5, 5.41) is 8.49. The molecule has 7 heteroatoms. The van der Waals surface area contributed by atoms with Crippen LogP contribution in [0.15, 0.2) is 4.42 Å². The van der Waals surface area contributed by atoms with Crippen molar-refractivity contribution in [1.29, 1.82) is 0 Å². The average molecular weight is 377 g/mol. The summed E-state index contributed by atoms with van der Waals surface area (Å²) < 4.78 is 11.6. The molecule has 1 aliphatic carbocycles. The molecule has 1 saturated carbocycles. The molecule has 1 aromatic rings. The summed E-state index contributed by atoms with van der Waals surface area (Å²) in [5.74, 6) is 2.00. The number of ether oxygens (including phenoxy) is 1. The standard InChI is InChI=1S/C20H32N4O3/c1-20(2,3)27-19(25)24-12-6-8-16(24)15-7-4-5-11-23(15)13-17-21-22-18(26-17)14-9-10-14/h14-16H,4-13H2,1-3H3/t15-,16-/m1/s1. The molecule has 2 saturated heterocycles. The van der Waals surface area contributed by atoms with Gasteiger partial charge in [-0.05, 0) is 65.8 Å². The zero-order valence-electron chi connectivity index (χ0n) is 16.8. The van der Waals surface area contributed by atoms with Crippen LogP contribution in [0.4, 0.5) is 4.79 Å². The van der Waals surface area contributed by atoms with Crippen molar-refractivity contribution in [2.75, 3.05) is 13.1 Å². The molecular weight excluding hydrogens is 344 g/mol. The summed E-state index contributed by atoms with van der Waals surface area (Å²) in [5.41, 5.74) is -0.459. The van der Waals surface area contributed by atoms with Gasteiger partial charge in [-0.25, -0.2) is 4.79 Å². The molecule has 0 aromatic carbocycles. The van der Waals surface area contributed by atoms with Crippen LogP contribution in [-0.4, -0.2) is 56.9 Å². The molecule has 0 radical (unpaired) electrons. The van der Waals surface area contributed by atoms with Crippen molar-refractivity contribution in [1.82, 2.24) is 20.0 Å². The van der Waals surface area contributed by atoms with Crippen LogP contribution < -0.4 is 0 Å². The van der Waals surface area contributed by atoms with Crippen LogP contribution in [0.3, 0.4) is 0 Å². The second-order valence-corrected chi connectivity index (χ2v) is 9.23. The number of hydrogen-bond donors (Lipinski definition) is 0. The lowest BCUT2D eigenvalue weighted by atomic mass is 9.94. The lowest BCUT2D eigenvalue weighted by Crippen LogP contribution is -2.53. The highest BCUT2D eigenvalue weighted by atomic mass is 16.6. The molecule has 3 fully saturated rings. The summed E-state index contributed by atoms with van der Waals surface area (Å²) in [7, 11) is 0. The number of amides is 1. The van der Waals surface area contributed by atoms with Gasteiger partial charge < -0.3 is 14.1 Å². The van der Waals surface area contributed by atoms with Gasteiger partial charge in [0.25, 0.3) is 0 Å². The first kappa shape index (κ1) is 18.7. The fraction of sp³-hybridized carbons (Fsp3) is 0.850. The Morgan fingerprint density at radius 1 is 1.07 bits per heavy atom. The van der Waals surface area contributed by atoms with E-state index in [1.165, 1.54) is 25.7 Å². The molecule has 1 amide bonds. The minimum Gasteiger partial charge on any atom is -0.444 e. The van der Waals surface area contributed by atoms with Gasteiger partial charge in [0.05, 0.1) is 12.6 Å². The molecule has 27 heavy (non-hydrogen) atoms.